The van der Waals surface area contributed by atoms with Crippen molar-refractivity contribution in [3.05, 3.63) is 63.6 Å². The second-order valence-electron chi connectivity index (χ2n) is 12.2. The molecule has 3 saturated heterocycles. The van der Waals surface area contributed by atoms with E-state index in [-0.39, 0.29) is 25.1 Å². The smallest absolute Gasteiger partial charge is 0.237 e. The number of aromatic nitrogens is 4. The van der Waals surface area contributed by atoms with Crippen molar-refractivity contribution in [3.8, 4) is 22.8 Å². The predicted molar refractivity (Wildman–Crippen MR) is 217 cm³/mol. The first-order valence-corrected chi connectivity index (χ1v) is 20.7. The average Bonchev–Trinajstić information content (AvgIpc) is 3.97. The summed E-state index contributed by atoms with van der Waals surface area (Å²) in [4.78, 5) is 35.7. The molecule has 2 aromatic heterocycles. The molecule has 0 aliphatic carbocycles. The molecule has 2 aromatic carbocycles. The van der Waals surface area contributed by atoms with Gasteiger partial charge >= 0.3 is 0 Å². The number of piperidine rings is 2. The summed E-state index contributed by atoms with van der Waals surface area (Å²) < 4.78 is 13.9. The molecule has 14 heteroatoms. The minimum Gasteiger partial charge on any atom is -0.381 e. The number of carbonyl (C=O) groups excluding carboxylic acids is 2. The van der Waals surface area contributed by atoms with E-state index >= 15 is 0 Å². The van der Waals surface area contributed by atoms with Crippen LogP contribution in [0.15, 0.2) is 52.9 Å². The molecule has 9 nitrogen and oxygen atoms in total. The normalized spacial score (nSPS) is 15.2. The second-order valence-corrected chi connectivity index (χ2v) is 15.9. The van der Waals surface area contributed by atoms with Crippen LogP contribution in [0.5, 0.6) is 0 Å². The highest BCUT2D eigenvalue weighted by Gasteiger charge is 2.18. The van der Waals surface area contributed by atoms with Crippen LogP contribution in [0.4, 0.5) is 0 Å². The molecule has 0 unspecified atom stereocenters. The molecule has 3 aliphatic rings. The van der Waals surface area contributed by atoms with E-state index in [2.05, 4.69) is 56.8 Å². The summed E-state index contributed by atoms with van der Waals surface area (Å²) in [5.41, 5.74) is 4.55. The lowest BCUT2D eigenvalue weighted by Crippen LogP contribution is -2.36. The van der Waals surface area contributed by atoms with Gasteiger partial charge in [0, 0.05) is 50.5 Å². The summed E-state index contributed by atoms with van der Waals surface area (Å²) in [5.74, 6) is 2.52. The van der Waals surface area contributed by atoms with Crippen molar-refractivity contribution in [2.75, 3.05) is 51.0 Å². The number of rotatable bonds is 6. The number of aromatic amines is 1. The highest BCUT2D eigenvalue weighted by atomic mass is 35.5. The number of amides is 2. The first-order chi connectivity index (χ1) is 24.3. The number of aryl methyl sites for hydroxylation is 2. The Hall–Kier alpha value is -2.68. The largest absolute Gasteiger partial charge is 0.381 e. The van der Waals surface area contributed by atoms with Gasteiger partial charge in [-0.05, 0) is 113 Å². The monoisotopic (exact) mass is 790 g/mol. The Bertz CT molecular complexity index is 1660. The number of alkyl halides is 1. The summed E-state index contributed by atoms with van der Waals surface area (Å²) >= 11 is 14.6. The highest BCUT2D eigenvalue weighted by molar-refractivity contribution is 8.01. The minimum absolute atomic E-state index is 0. The molecule has 3 fully saturated rings. The van der Waals surface area contributed by atoms with E-state index in [0.29, 0.717) is 9.71 Å². The van der Waals surface area contributed by atoms with Crippen molar-refractivity contribution in [2.45, 2.75) is 77.0 Å². The number of halogens is 1. The van der Waals surface area contributed by atoms with Gasteiger partial charge in [0.25, 0.3) is 0 Å². The molecule has 0 atom stereocenters. The SMILES string of the molecule is C.C1CCOC1.Cc1cccc(-c2nc(=S)s[nH]2)c1.Cc1cccc(-c2nsc(SCC(=O)N3CCCCC3)n2)c1.O=C(CCl)N1CCCCC1. The number of carbonyl (C=O) groups is 2. The minimum atomic E-state index is 0. The van der Waals surface area contributed by atoms with E-state index in [1.165, 1.54) is 71.6 Å². The molecule has 4 aromatic rings. The van der Waals surface area contributed by atoms with Gasteiger partial charge < -0.3 is 14.5 Å². The third-order valence-electron chi connectivity index (χ3n) is 8.09. The number of hydrogen-bond donors (Lipinski definition) is 1. The standard InChI is InChI=1S/C16H19N3OS2.C9H8N2S2.C7H12ClNO.C4H8O.CH4/c1-12-6-5-7-13(10-12)15-17-16(22-18-15)21-11-14(20)19-8-3-2-4-9-19;1-6-3-2-4-7(5-6)8-10-9(12)13-11-8;8-6-7(10)9-4-2-1-3-5-9;1-2-4-5-3-1;/h5-7,10H,2-4,8-9,11H2,1H3;2-5H,1H3,(H,10,11,12);1-6H2;1-4H2;1H4. The molecule has 0 saturated carbocycles. The van der Waals surface area contributed by atoms with Gasteiger partial charge in [-0.15, -0.1) is 11.6 Å². The fourth-order valence-electron chi connectivity index (χ4n) is 5.41. The molecule has 278 valence electrons. The van der Waals surface area contributed by atoms with Crippen molar-refractivity contribution < 1.29 is 14.3 Å². The first kappa shape index (κ1) is 42.7. The van der Waals surface area contributed by atoms with Crippen molar-refractivity contribution in [1.82, 2.24) is 28.5 Å². The van der Waals surface area contributed by atoms with Crippen molar-refractivity contribution in [1.29, 1.82) is 0 Å². The van der Waals surface area contributed by atoms with Crippen LogP contribution in [0.25, 0.3) is 22.8 Å². The molecule has 51 heavy (non-hydrogen) atoms. The van der Waals surface area contributed by atoms with Crippen LogP contribution in [0, 0.1) is 17.8 Å². The Balaban J connectivity index is 0.000000205. The topological polar surface area (TPSA) is 104 Å². The molecule has 0 bridgehead atoms. The van der Waals surface area contributed by atoms with Gasteiger partial charge in [0.1, 0.15) is 11.7 Å². The number of ether oxygens (including phenoxy) is 1. The van der Waals surface area contributed by atoms with E-state index in [0.717, 1.165) is 92.2 Å². The lowest BCUT2D eigenvalue weighted by molar-refractivity contribution is -0.130. The number of likely N-dealkylation sites (tertiary alicyclic amines) is 2. The lowest BCUT2D eigenvalue weighted by atomic mass is 10.1. The van der Waals surface area contributed by atoms with E-state index in [1.54, 1.807) is 0 Å². The molecular weight excluding hydrogens is 740 g/mol. The highest BCUT2D eigenvalue weighted by Crippen LogP contribution is 2.26. The van der Waals surface area contributed by atoms with Gasteiger partial charge in [-0.2, -0.15) is 4.37 Å². The Labute approximate surface area is 325 Å². The van der Waals surface area contributed by atoms with Gasteiger partial charge in [-0.1, -0.05) is 66.7 Å². The molecule has 0 spiro atoms. The van der Waals surface area contributed by atoms with Gasteiger partial charge in [-0.3, -0.25) is 14.0 Å². The summed E-state index contributed by atoms with van der Waals surface area (Å²) in [7, 11) is 0. The molecular formula is C37H51ClN6O3S4. The third kappa shape index (κ3) is 15.4. The van der Waals surface area contributed by atoms with E-state index in [9.17, 15) is 9.59 Å². The van der Waals surface area contributed by atoms with E-state index < -0.39 is 0 Å². The molecule has 1 N–H and O–H groups in total. The summed E-state index contributed by atoms with van der Waals surface area (Å²) in [5, 5.41) is 0. The number of nitrogens with one attached hydrogen (secondary N) is 1. The van der Waals surface area contributed by atoms with Crippen LogP contribution < -0.4 is 0 Å². The van der Waals surface area contributed by atoms with Crippen LogP contribution >= 0.6 is 58.6 Å². The fourth-order valence-corrected chi connectivity index (χ4v) is 7.80. The lowest BCUT2D eigenvalue weighted by Gasteiger charge is -2.26. The zero-order chi connectivity index (χ0) is 35.6. The van der Waals surface area contributed by atoms with Crippen molar-refractivity contribution in [3.63, 3.8) is 0 Å². The van der Waals surface area contributed by atoms with Crippen molar-refractivity contribution >= 4 is 70.5 Å². The molecule has 7 rings (SSSR count). The van der Waals surface area contributed by atoms with Gasteiger partial charge in [0.05, 0.1) is 5.75 Å². The van der Waals surface area contributed by atoms with Gasteiger partial charge in [-0.25, -0.2) is 9.97 Å². The Morgan fingerprint density at radius 2 is 1.41 bits per heavy atom. The molecule has 2 amide bonds. The Morgan fingerprint density at radius 3 is 1.92 bits per heavy atom. The maximum Gasteiger partial charge on any atom is 0.237 e. The Morgan fingerprint density at radius 1 is 0.843 bits per heavy atom. The predicted octanol–water partition coefficient (Wildman–Crippen LogP) is 9.46. The summed E-state index contributed by atoms with van der Waals surface area (Å²) in [6, 6.07) is 16.3. The third-order valence-corrected chi connectivity index (χ3v) is 11.0. The quantitative estimate of drug-likeness (QED) is 0.117. The average molecular weight is 792 g/mol. The second kappa shape index (κ2) is 23.8. The van der Waals surface area contributed by atoms with Crippen LogP contribution in [-0.2, 0) is 14.3 Å². The number of benzene rings is 2. The number of hydrogen-bond acceptors (Lipinski definition) is 10. The van der Waals surface area contributed by atoms with E-state index in [1.807, 2.05) is 34.1 Å². The number of thioether (sulfide) groups is 1. The molecule has 3 aliphatic heterocycles. The molecule has 5 heterocycles. The van der Waals surface area contributed by atoms with Gasteiger partial charge in [0.2, 0.25) is 11.8 Å². The fraction of sp³-hybridized carbons (Fsp3) is 0.514. The first-order valence-electron chi connectivity index (χ1n) is 17.2. The van der Waals surface area contributed by atoms with Crippen LogP contribution in [0.2, 0.25) is 0 Å². The maximum atomic E-state index is 12.2. The molecule has 0 radical (unpaired) electrons. The summed E-state index contributed by atoms with van der Waals surface area (Å²) in [6.07, 6.45) is 9.60. The van der Waals surface area contributed by atoms with Crippen LogP contribution in [-0.4, -0.2) is 91.4 Å². The van der Waals surface area contributed by atoms with E-state index in [4.69, 9.17) is 28.6 Å². The number of nitrogens with zero attached hydrogens (tertiary/aromatic N) is 5. The summed E-state index contributed by atoms with van der Waals surface area (Å²) in [6.45, 7) is 9.75. The number of H-pyrrole nitrogens is 1. The zero-order valence-corrected chi connectivity index (χ0v) is 32.9. The van der Waals surface area contributed by atoms with Gasteiger partial charge in [0.15, 0.2) is 14.1 Å². The Kier molecular flexibility index (Phi) is 19.9. The van der Waals surface area contributed by atoms with Crippen LogP contribution in [0.3, 0.4) is 0 Å². The maximum absolute atomic E-state index is 12.2. The van der Waals surface area contributed by atoms with Crippen LogP contribution in [0.1, 0.15) is 69.9 Å². The zero-order valence-electron chi connectivity index (χ0n) is 28.9. The van der Waals surface area contributed by atoms with Crippen molar-refractivity contribution in [2.24, 2.45) is 0 Å².